The van der Waals surface area contributed by atoms with E-state index in [-0.39, 0.29) is 44.6 Å². The summed E-state index contributed by atoms with van der Waals surface area (Å²) in [7, 11) is 0. The number of benzene rings is 8. The van der Waals surface area contributed by atoms with E-state index in [0.29, 0.717) is 0 Å². The molecule has 4 aliphatic rings. The van der Waals surface area contributed by atoms with Crippen LogP contribution in [0.4, 0.5) is 51.2 Å². The standard InChI is InChI=1S/C78H84BN3OS/c1-72(2,3)47-22-27-50(28-23-47)80(52-32-35-67-56(41-52)55-20-18-19-21-66(55)83-67)54-43-64-69-65(44-54)82(53-31-33-58-59(42-53)76(12,13)37-36-75(58,10)11)70-57-45-60-61(78(16,17)39-38-77(60,14)15)46-68(57)84-71(70)79(69)62-40-49(74(7,8)9)26-34-63(62)81(64)51-29-24-48(25-30-51)73(4,5)6/h18-35,40-46H,36-39H2,1-17H3. The Labute approximate surface area is 505 Å². The van der Waals surface area contributed by atoms with E-state index < -0.39 is 0 Å². The van der Waals surface area contributed by atoms with Crippen LogP contribution >= 0.6 is 11.3 Å². The van der Waals surface area contributed by atoms with Gasteiger partial charge in [-0.25, -0.2) is 0 Å². The second-order valence-corrected chi connectivity index (χ2v) is 32.3. The molecule has 6 heteroatoms. The average Bonchev–Trinajstić information content (AvgIpc) is 2.89. The number of thiophene rings is 1. The molecule has 10 aromatic rings. The fourth-order valence-corrected chi connectivity index (χ4v) is 16.2. The van der Waals surface area contributed by atoms with Crippen LogP contribution < -0.4 is 30.4 Å². The summed E-state index contributed by atoms with van der Waals surface area (Å²) in [6, 6.07) is 59.7. The fourth-order valence-electron chi connectivity index (χ4n) is 14.9. The zero-order valence-electron chi connectivity index (χ0n) is 53.0. The van der Waals surface area contributed by atoms with Crippen LogP contribution in [0.3, 0.4) is 0 Å². The summed E-state index contributed by atoms with van der Waals surface area (Å²) in [6.45, 7) is 40.8. The number of anilines is 9. The number of hydrogen-bond donors (Lipinski definition) is 0. The van der Waals surface area contributed by atoms with Gasteiger partial charge in [0, 0.05) is 65.4 Å². The third kappa shape index (κ3) is 8.56. The molecule has 0 bridgehead atoms. The number of rotatable bonds is 5. The number of para-hydroxylation sites is 1. The first-order valence-corrected chi connectivity index (χ1v) is 31.9. The fraction of sp³-hybridized carbons (Fsp3) is 0.359. The van der Waals surface area contributed by atoms with Crippen molar-refractivity contribution in [3.8, 4) is 0 Å². The molecule has 4 heterocycles. The molecule has 0 saturated heterocycles. The molecule has 0 fully saturated rings. The highest BCUT2D eigenvalue weighted by Crippen LogP contribution is 2.56. The largest absolute Gasteiger partial charge is 0.456 e. The summed E-state index contributed by atoms with van der Waals surface area (Å²) in [5.74, 6) is 0. The highest BCUT2D eigenvalue weighted by Gasteiger charge is 2.48. The Bertz CT molecular complexity index is 4340. The minimum absolute atomic E-state index is 0.00108. The van der Waals surface area contributed by atoms with E-state index in [4.69, 9.17) is 4.42 Å². The number of furan rings is 1. The van der Waals surface area contributed by atoms with Crippen LogP contribution in [0.25, 0.3) is 32.0 Å². The van der Waals surface area contributed by atoms with Gasteiger partial charge in [0.05, 0.1) is 11.4 Å². The predicted octanol–water partition coefficient (Wildman–Crippen LogP) is 20.9. The Morgan fingerprint density at radius 3 is 1.58 bits per heavy atom. The van der Waals surface area contributed by atoms with Crippen LogP contribution in [0, 0.1) is 0 Å². The van der Waals surface area contributed by atoms with E-state index in [0.717, 1.165) is 57.5 Å². The lowest BCUT2D eigenvalue weighted by Crippen LogP contribution is -2.60. The smallest absolute Gasteiger partial charge is 0.264 e. The maximum atomic E-state index is 6.56. The number of hydrogen-bond acceptors (Lipinski definition) is 5. The van der Waals surface area contributed by atoms with E-state index in [9.17, 15) is 0 Å². The van der Waals surface area contributed by atoms with Gasteiger partial charge in [0.15, 0.2) is 0 Å². The maximum absolute atomic E-state index is 6.56. The van der Waals surface area contributed by atoms with Gasteiger partial charge < -0.3 is 19.1 Å². The van der Waals surface area contributed by atoms with Crippen molar-refractivity contribution < 1.29 is 4.42 Å². The molecular weight excluding hydrogens is 1040 g/mol. The molecule has 0 radical (unpaired) electrons. The Morgan fingerprint density at radius 1 is 0.429 bits per heavy atom. The molecule has 0 unspecified atom stereocenters. The molecule has 426 valence electrons. The molecule has 4 nitrogen and oxygen atoms in total. The molecule has 0 atom stereocenters. The highest BCUT2D eigenvalue weighted by atomic mass is 32.1. The summed E-state index contributed by atoms with van der Waals surface area (Å²) < 4.78 is 9.35. The second kappa shape index (κ2) is 18.3. The molecule has 84 heavy (non-hydrogen) atoms. The molecule has 8 aromatic carbocycles. The normalized spacial score (nSPS) is 17.5. The van der Waals surface area contributed by atoms with Gasteiger partial charge in [-0.1, -0.05) is 178 Å². The zero-order chi connectivity index (χ0) is 59.2. The lowest BCUT2D eigenvalue weighted by molar-refractivity contribution is 0.332. The first-order valence-electron chi connectivity index (χ1n) is 31.1. The number of fused-ring (bicyclic) bond motifs is 11. The molecule has 0 saturated carbocycles. The van der Waals surface area contributed by atoms with Gasteiger partial charge in [-0.15, -0.1) is 11.3 Å². The summed E-state index contributed by atoms with van der Waals surface area (Å²) in [5, 5.41) is 3.58. The van der Waals surface area contributed by atoms with E-state index in [1.807, 2.05) is 11.3 Å². The first kappa shape index (κ1) is 54.9. The molecule has 14 rings (SSSR count). The van der Waals surface area contributed by atoms with Crippen molar-refractivity contribution in [3.63, 3.8) is 0 Å². The van der Waals surface area contributed by atoms with Crippen molar-refractivity contribution in [2.75, 3.05) is 14.7 Å². The number of nitrogens with zero attached hydrogens (tertiary/aromatic N) is 3. The van der Waals surface area contributed by atoms with Crippen LogP contribution in [0.5, 0.6) is 0 Å². The minimum atomic E-state index is -0.0741. The van der Waals surface area contributed by atoms with Crippen molar-refractivity contribution in [2.24, 2.45) is 0 Å². The van der Waals surface area contributed by atoms with Gasteiger partial charge in [-0.05, 0) is 204 Å². The Kier molecular flexibility index (Phi) is 11.9. The first-order chi connectivity index (χ1) is 39.5. The third-order valence-electron chi connectivity index (χ3n) is 20.4. The SMILES string of the molecule is CC(C)(C)c1ccc(N(c2cc3c4c(c2)N(c2ccc5c(c2)C(C)(C)CCC5(C)C)c2c(sc5cc6c(cc25)C(C)(C)CCC6(C)C)B4c2cc(C(C)(C)C)ccc2N3c2ccc(C(C)(C)C)cc2)c2ccc3oc4ccccc4c3c2)cc1. The lowest BCUT2D eigenvalue weighted by atomic mass is 9.36. The van der Waals surface area contributed by atoms with Gasteiger partial charge in [0.1, 0.15) is 11.2 Å². The molecule has 2 aliphatic carbocycles. The molecule has 0 spiro atoms. The van der Waals surface area contributed by atoms with E-state index in [1.54, 1.807) is 0 Å². The minimum Gasteiger partial charge on any atom is -0.456 e. The highest BCUT2D eigenvalue weighted by molar-refractivity contribution is 7.33. The van der Waals surface area contributed by atoms with Gasteiger partial charge in [0.25, 0.3) is 6.71 Å². The van der Waals surface area contributed by atoms with E-state index in [2.05, 4.69) is 284 Å². The molecule has 2 aromatic heterocycles. The topological polar surface area (TPSA) is 22.9 Å². The lowest BCUT2D eigenvalue weighted by Gasteiger charge is -2.45. The van der Waals surface area contributed by atoms with Gasteiger partial charge in [0.2, 0.25) is 0 Å². The van der Waals surface area contributed by atoms with Crippen molar-refractivity contribution in [2.45, 2.75) is 181 Å². The van der Waals surface area contributed by atoms with Gasteiger partial charge in [-0.2, -0.15) is 0 Å². The van der Waals surface area contributed by atoms with Crippen LogP contribution in [-0.2, 0) is 37.9 Å². The van der Waals surface area contributed by atoms with Crippen molar-refractivity contribution in [3.05, 3.63) is 191 Å². The van der Waals surface area contributed by atoms with Crippen LogP contribution in [0.1, 0.15) is 182 Å². The summed E-state index contributed by atoms with van der Waals surface area (Å²) in [4.78, 5) is 7.91. The quantitative estimate of drug-likeness (QED) is 0.160. The second-order valence-electron chi connectivity index (χ2n) is 31.2. The molecule has 0 amide bonds. The molecule has 0 N–H and O–H groups in total. The Morgan fingerprint density at radius 2 is 0.952 bits per heavy atom. The van der Waals surface area contributed by atoms with Crippen molar-refractivity contribution in [1.29, 1.82) is 0 Å². The van der Waals surface area contributed by atoms with E-state index in [1.165, 1.54) is 106 Å². The van der Waals surface area contributed by atoms with Crippen LogP contribution in [0.2, 0.25) is 0 Å². The zero-order valence-corrected chi connectivity index (χ0v) is 53.8. The van der Waals surface area contributed by atoms with Gasteiger partial charge in [-0.3, -0.25) is 0 Å². The van der Waals surface area contributed by atoms with E-state index >= 15 is 0 Å². The van der Waals surface area contributed by atoms with Crippen molar-refractivity contribution in [1.82, 2.24) is 0 Å². The molecule has 2 aliphatic heterocycles. The summed E-state index contributed by atoms with van der Waals surface area (Å²) in [5.41, 5.74) is 25.1. The average molecular weight is 1120 g/mol. The Hall–Kier alpha value is -7.02. The molecular formula is C78H84BN3OS. The summed E-state index contributed by atoms with van der Waals surface area (Å²) >= 11 is 2.05. The van der Waals surface area contributed by atoms with Crippen LogP contribution in [0.15, 0.2) is 156 Å². The van der Waals surface area contributed by atoms with Gasteiger partial charge >= 0.3 is 0 Å². The Balaban J connectivity index is 1.14. The third-order valence-corrected chi connectivity index (χ3v) is 21.6. The van der Waals surface area contributed by atoms with Crippen molar-refractivity contribution >= 4 is 117 Å². The van der Waals surface area contributed by atoms with Crippen LogP contribution in [-0.4, -0.2) is 6.71 Å². The maximum Gasteiger partial charge on any atom is 0.264 e. The summed E-state index contributed by atoms with van der Waals surface area (Å²) in [6.07, 6.45) is 4.64. The predicted molar refractivity (Wildman–Crippen MR) is 364 cm³/mol. The monoisotopic (exact) mass is 1120 g/mol.